The first-order valence-electron chi connectivity index (χ1n) is 6.84. The first kappa shape index (κ1) is 14.5. The zero-order valence-corrected chi connectivity index (χ0v) is 11.2. The van der Waals surface area contributed by atoms with E-state index in [1.807, 2.05) is 4.90 Å². The molecule has 1 aliphatic heterocycles. The average molecular weight is 242 g/mol. The van der Waals surface area contributed by atoms with E-state index < -0.39 is 0 Å². The highest BCUT2D eigenvalue weighted by molar-refractivity contribution is 5.78. The molecule has 0 aliphatic carbocycles. The Morgan fingerprint density at radius 2 is 1.88 bits per heavy atom. The molecule has 17 heavy (non-hydrogen) atoms. The van der Waals surface area contributed by atoms with Crippen LogP contribution in [0.4, 0.5) is 0 Å². The molecule has 4 heteroatoms. The fourth-order valence-corrected chi connectivity index (χ4v) is 2.45. The predicted octanol–water partition coefficient (Wildman–Crippen LogP) is 0.949. The number of β-amino-alcohol motifs (C(OH)–C–C–N with tert-alkyl or cyclic N) is 1. The highest BCUT2D eigenvalue weighted by atomic mass is 16.3. The zero-order valence-electron chi connectivity index (χ0n) is 11.2. The van der Waals surface area contributed by atoms with Crippen molar-refractivity contribution in [3.05, 3.63) is 0 Å². The number of aliphatic hydroxyl groups is 1. The van der Waals surface area contributed by atoms with Gasteiger partial charge in [-0.05, 0) is 25.8 Å². The highest BCUT2D eigenvalue weighted by Gasteiger charge is 2.23. The third-order valence-corrected chi connectivity index (χ3v) is 3.65. The summed E-state index contributed by atoms with van der Waals surface area (Å²) in [5.74, 6) is 0.514. The number of aliphatic hydroxyl groups excluding tert-OH is 1. The second kappa shape index (κ2) is 7.67. The van der Waals surface area contributed by atoms with Crippen molar-refractivity contribution in [2.75, 3.05) is 39.3 Å². The van der Waals surface area contributed by atoms with Crippen LogP contribution in [0.25, 0.3) is 0 Å². The van der Waals surface area contributed by atoms with Crippen molar-refractivity contribution in [3.8, 4) is 0 Å². The summed E-state index contributed by atoms with van der Waals surface area (Å²) in [7, 11) is 0. The minimum Gasteiger partial charge on any atom is -0.395 e. The lowest BCUT2D eigenvalue weighted by molar-refractivity contribution is -0.135. The third kappa shape index (κ3) is 4.28. The molecule has 0 aromatic rings. The van der Waals surface area contributed by atoms with Gasteiger partial charge in [-0.2, -0.15) is 0 Å². The first-order valence-corrected chi connectivity index (χ1v) is 6.84. The van der Waals surface area contributed by atoms with Crippen LogP contribution in [0.3, 0.4) is 0 Å². The van der Waals surface area contributed by atoms with Crippen LogP contribution in [-0.2, 0) is 4.79 Å². The Kier molecular flexibility index (Phi) is 6.52. The summed E-state index contributed by atoms with van der Waals surface area (Å²) in [6.45, 7) is 8.68. The van der Waals surface area contributed by atoms with Gasteiger partial charge < -0.3 is 10.0 Å². The number of carbonyl (C=O) groups is 1. The third-order valence-electron chi connectivity index (χ3n) is 3.65. The molecule has 100 valence electrons. The van der Waals surface area contributed by atoms with Crippen molar-refractivity contribution >= 4 is 5.91 Å². The maximum absolute atomic E-state index is 12.2. The molecular weight excluding hydrogens is 216 g/mol. The van der Waals surface area contributed by atoms with Crippen LogP contribution in [0.15, 0.2) is 0 Å². The van der Waals surface area contributed by atoms with E-state index >= 15 is 0 Å². The smallest absolute Gasteiger partial charge is 0.225 e. The maximum Gasteiger partial charge on any atom is 0.225 e. The second-order valence-corrected chi connectivity index (χ2v) is 4.76. The number of carbonyl (C=O) groups excluding carboxylic acids is 1. The van der Waals surface area contributed by atoms with Crippen molar-refractivity contribution < 1.29 is 9.90 Å². The van der Waals surface area contributed by atoms with Crippen LogP contribution in [-0.4, -0.2) is 60.1 Å². The Morgan fingerprint density at radius 3 is 2.47 bits per heavy atom. The largest absolute Gasteiger partial charge is 0.395 e. The summed E-state index contributed by atoms with van der Waals surface area (Å²) < 4.78 is 0. The summed E-state index contributed by atoms with van der Waals surface area (Å²) in [6.07, 6.45) is 2.89. The van der Waals surface area contributed by atoms with E-state index in [2.05, 4.69) is 18.7 Å². The molecule has 1 saturated heterocycles. The Hall–Kier alpha value is -0.610. The van der Waals surface area contributed by atoms with Gasteiger partial charge in [0.05, 0.1) is 6.61 Å². The molecule has 1 N–H and O–H groups in total. The Balaban J connectivity index is 2.47. The van der Waals surface area contributed by atoms with Crippen molar-refractivity contribution in [2.24, 2.45) is 5.92 Å². The van der Waals surface area contributed by atoms with Gasteiger partial charge in [0.25, 0.3) is 0 Å². The molecule has 0 radical (unpaired) electrons. The Morgan fingerprint density at radius 1 is 1.18 bits per heavy atom. The van der Waals surface area contributed by atoms with Gasteiger partial charge in [-0.15, -0.1) is 0 Å². The molecule has 1 fully saturated rings. The SMILES string of the molecule is CCC(CC)C(=O)N1CCCN(CCO)CC1. The lowest BCUT2D eigenvalue weighted by atomic mass is 10.0. The Bertz CT molecular complexity index is 229. The fourth-order valence-electron chi connectivity index (χ4n) is 2.45. The number of rotatable bonds is 5. The molecule has 0 unspecified atom stereocenters. The van der Waals surface area contributed by atoms with Crippen molar-refractivity contribution in [1.82, 2.24) is 9.80 Å². The maximum atomic E-state index is 12.2. The van der Waals surface area contributed by atoms with Crippen LogP contribution in [0.2, 0.25) is 0 Å². The minimum absolute atomic E-state index is 0.194. The minimum atomic E-state index is 0.194. The van der Waals surface area contributed by atoms with E-state index in [-0.39, 0.29) is 12.5 Å². The molecule has 1 heterocycles. The van der Waals surface area contributed by atoms with Gasteiger partial charge in [0.15, 0.2) is 0 Å². The van der Waals surface area contributed by atoms with Crippen molar-refractivity contribution in [1.29, 1.82) is 0 Å². The van der Waals surface area contributed by atoms with Crippen molar-refractivity contribution in [2.45, 2.75) is 33.1 Å². The number of hydrogen-bond acceptors (Lipinski definition) is 3. The normalized spacial score (nSPS) is 18.5. The molecule has 4 nitrogen and oxygen atoms in total. The average Bonchev–Trinajstić information content (AvgIpc) is 2.57. The summed E-state index contributed by atoms with van der Waals surface area (Å²) >= 11 is 0. The van der Waals surface area contributed by atoms with Crippen LogP contribution in [0.5, 0.6) is 0 Å². The quantitative estimate of drug-likeness (QED) is 0.780. The van der Waals surface area contributed by atoms with E-state index in [0.717, 1.165) is 52.0 Å². The van der Waals surface area contributed by atoms with Crippen LogP contribution < -0.4 is 0 Å². The van der Waals surface area contributed by atoms with E-state index in [9.17, 15) is 4.79 Å². The molecule has 0 spiro atoms. The summed E-state index contributed by atoms with van der Waals surface area (Å²) in [5.41, 5.74) is 0. The molecule has 1 rings (SSSR count). The van der Waals surface area contributed by atoms with Crippen molar-refractivity contribution in [3.63, 3.8) is 0 Å². The summed E-state index contributed by atoms with van der Waals surface area (Å²) in [6, 6.07) is 0. The lowest BCUT2D eigenvalue weighted by Crippen LogP contribution is -2.39. The van der Waals surface area contributed by atoms with E-state index in [0.29, 0.717) is 5.91 Å². The fraction of sp³-hybridized carbons (Fsp3) is 0.923. The first-order chi connectivity index (χ1) is 8.22. The van der Waals surface area contributed by atoms with Gasteiger partial charge in [0.1, 0.15) is 0 Å². The molecule has 0 aromatic carbocycles. The van der Waals surface area contributed by atoms with Crippen LogP contribution in [0.1, 0.15) is 33.1 Å². The van der Waals surface area contributed by atoms with Gasteiger partial charge in [0.2, 0.25) is 5.91 Å². The molecule has 0 saturated carbocycles. The van der Waals surface area contributed by atoms with Gasteiger partial charge in [-0.25, -0.2) is 0 Å². The molecule has 1 amide bonds. The molecule has 0 aromatic heterocycles. The molecular formula is C13H26N2O2. The second-order valence-electron chi connectivity index (χ2n) is 4.76. The van der Waals surface area contributed by atoms with E-state index in [4.69, 9.17) is 5.11 Å². The number of amides is 1. The molecule has 1 aliphatic rings. The molecule has 0 atom stereocenters. The standard InChI is InChI=1S/C13H26N2O2/c1-3-12(4-2)13(17)15-7-5-6-14(8-9-15)10-11-16/h12,16H,3-11H2,1-2H3. The summed E-state index contributed by atoms with van der Waals surface area (Å²) in [4.78, 5) is 16.5. The number of nitrogens with zero attached hydrogens (tertiary/aromatic N) is 2. The van der Waals surface area contributed by atoms with Gasteiger partial charge in [-0.1, -0.05) is 13.8 Å². The van der Waals surface area contributed by atoms with Gasteiger partial charge in [-0.3, -0.25) is 9.69 Å². The molecule has 0 bridgehead atoms. The summed E-state index contributed by atoms with van der Waals surface area (Å²) in [5, 5.41) is 8.93. The monoisotopic (exact) mass is 242 g/mol. The van der Waals surface area contributed by atoms with Gasteiger partial charge >= 0.3 is 0 Å². The van der Waals surface area contributed by atoms with Gasteiger partial charge in [0, 0.05) is 32.1 Å². The topological polar surface area (TPSA) is 43.8 Å². The van der Waals surface area contributed by atoms with Crippen LogP contribution >= 0.6 is 0 Å². The Labute approximate surface area is 105 Å². The zero-order chi connectivity index (χ0) is 12.7. The van der Waals surface area contributed by atoms with E-state index in [1.165, 1.54) is 0 Å². The number of hydrogen-bond donors (Lipinski definition) is 1. The van der Waals surface area contributed by atoms with E-state index in [1.54, 1.807) is 0 Å². The lowest BCUT2D eigenvalue weighted by Gasteiger charge is -2.25. The highest BCUT2D eigenvalue weighted by Crippen LogP contribution is 2.14. The van der Waals surface area contributed by atoms with Crippen LogP contribution in [0, 0.1) is 5.92 Å². The predicted molar refractivity (Wildman–Crippen MR) is 68.8 cm³/mol.